The summed E-state index contributed by atoms with van der Waals surface area (Å²) in [5, 5.41) is 0. The monoisotopic (exact) mass is 486 g/mol. The van der Waals surface area contributed by atoms with Crippen LogP contribution in [0.1, 0.15) is 38.4 Å². The summed E-state index contributed by atoms with van der Waals surface area (Å²) in [5.41, 5.74) is 4.28. The number of Topliss-reactive ketones (excluding diaryl/α,β-unsaturated/α-hetero) is 1. The average molecular weight is 487 g/mol. The van der Waals surface area contributed by atoms with Gasteiger partial charge in [0.1, 0.15) is 12.4 Å². The molecule has 0 bridgehead atoms. The van der Waals surface area contributed by atoms with Crippen molar-refractivity contribution in [1.82, 2.24) is 9.29 Å². The number of sulfonamides is 1. The topological polar surface area (TPSA) is 94.5 Å². The number of halogens is 1. The van der Waals surface area contributed by atoms with Gasteiger partial charge in [-0.05, 0) is 70.0 Å². The van der Waals surface area contributed by atoms with Gasteiger partial charge in [0.15, 0.2) is 6.61 Å². The molecular weight excluding hydrogens is 459 g/mol. The van der Waals surface area contributed by atoms with E-state index >= 15 is 0 Å². The molecule has 0 unspecified atom stereocenters. The van der Waals surface area contributed by atoms with E-state index in [1.807, 2.05) is 6.92 Å². The molecule has 0 aliphatic heterocycles. The van der Waals surface area contributed by atoms with Crippen LogP contribution in [0.25, 0.3) is 5.69 Å². The third-order valence-electron chi connectivity index (χ3n) is 5.44. The van der Waals surface area contributed by atoms with Gasteiger partial charge in [-0.15, -0.1) is 0 Å². The zero-order valence-electron chi connectivity index (χ0n) is 19.7. The van der Waals surface area contributed by atoms with Crippen LogP contribution in [0.15, 0.2) is 47.4 Å². The van der Waals surface area contributed by atoms with E-state index in [-0.39, 0.29) is 4.90 Å². The van der Waals surface area contributed by atoms with Crippen molar-refractivity contribution in [2.24, 2.45) is 0 Å². The molecule has 9 heteroatoms. The minimum Gasteiger partial charge on any atom is -0.456 e. The van der Waals surface area contributed by atoms with E-state index in [9.17, 15) is 22.4 Å². The number of aromatic nitrogens is 1. The van der Waals surface area contributed by atoms with Gasteiger partial charge in [-0.1, -0.05) is 23.8 Å². The van der Waals surface area contributed by atoms with Crippen LogP contribution in [0.4, 0.5) is 4.39 Å². The Bertz CT molecular complexity index is 1350. The summed E-state index contributed by atoms with van der Waals surface area (Å²) in [5.74, 6) is -1.72. The summed E-state index contributed by atoms with van der Waals surface area (Å²) in [6.45, 7) is 7.59. The van der Waals surface area contributed by atoms with Gasteiger partial charge in [-0.2, -0.15) is 4.72 Å². The Hall–Kier alpha value is -3.30. The molecule has 0 aliphatic rings. The second-order valence-corrected chi connectivity index (χ2v) is 9.94. The molecule has 0 fully saturated rings. The molecule has 0 amide bonds. The van der Waals surface area contributed by atoms with Crippen LogP contribution in [0.2, 0.25) is 0 Å². The van der Waals surface area contributed by atoms with Crippen molar-refractivity contribution >= 4 is 21.8 Å². The molecule has 2 aromatic carbocycles. The van der Waals surface area contributed by atoms with Gasteiger partial charge in [0.2, 0.25) is 15.8 Å². The number of esters is 1. The van der Waals surface area contributed by atoms with E-state index in [0.717, 1.165) is 11.3 Å². The van der Waals surface area contributed by atoms with Crippen molar-refractivity contribution < 1.29 is 27.1 Å². The maximum atomic E-state index is 13.6. The lowest BCUT2D eigenvalue weighted by molar-refractivity contribution is -0.141. The lowest BCUT2D eigenvalue weighted by Gasteiger charge is -2.13. The molecule has 34 heavy (non-hydrogen) atoms. The van der Waals surface area contributed by atoms with E-state index in [1.165, 1.54) is 12.1 Å². The molecule has 0 spiro atoms. The van der Waals surface area contributed by atoms with Crippen LogP contribution in [0.3, 0.4) is 0 Å². The van der Waals surface area contributed by atoms with Crippen molar-refractivity contribution in [3.63, 3.8) is 0 Å². The maximum Gasteiger partial charge on any atom is 0.321 e. The van der Waals surface area contributed by atoms with Crippen molar-refractivity contribution in [3.8, 4) is 5.69 Å². The highest BCUT2D eigenvalue weighted by Gasteiger charge is 2.22. The van der Waals surface area contributed by atoms with Gasteiger partial charge in [0, 0.05) is 22.6 Å². The molecule has 0 radical (unpaired) electrons. The maximum absolute atomic E-state index is 13.6. The lowest BCUT2D eigenvalue weighted by atomic mass is 10.1. The normalized spacial score (nSPS) is 11.5. The van der Waals surface area contributed by atoms with Crippen LogP contribution in [-0.2, 0) is 19.6 Å². The minimum absolute atomic E-state index is 0.117. The molecule has 1 heterocycles. The predicted molar refractivity (Wildman–Crippen MR) is 126 cm³/mol. The van der Waals surface area contributed by atoms with Crippen LogP contribution in [0.5, 0.6) is 0 Å². The number of hydrogen-bond acceptors (Lipinski definition) is 5. The number of rotatable bonds is 8. The first-order chi connectivity index (χ1) is 15.9. The first kappa shape index (κ1) is 25.3. The van der Waals surface area contributed by atoms with Gasteiger partial charge >= 0.3 is 5.97 Å². The third kappa shape index (κ3) is 5.43. The standard InChI is InChI=1S/C25H27FN2O5S/c1-15-9-16(2)25(17(3)10-15)34(31,32)27-13-24(30)33-14-23(29)22-11-18(4)28(19(22)5)21-8-6-7-20(26)12-21/h6-12,27H,13-14H2,1-5H3. The van der Waals surface area contributed by atoms with Crippen molar-refractivity contribution in [3.05, 3.63) is 81.9 Å². The van der Waals surface area contributed by atoms with E-state index in [0.29, 0.717) is 28.1 Å². The summed E-state index contributed by atoms with van der Waals surface area (Å²) in [6.07, 6.45) is 0. The summed E-state index contributed by atoms with van der Waals surface area (Å²) >= 11 is 0. The number of benzene rings is 2. The quantitative estimate of drug-likeness (QED) is 0.385. The number of nitrogens with zero attached hydrogens (tertiary/aromatic N) is 1. The Morgan fingerprint density at radius 1 is 1.00 bits per heavy atom. The first-order valence-electron chi connectivity index (χ1n) is 10.6. The number of hydrogen-bond donors (Lipinski definition) is 1. The highest BCUT2D eigenvalue weighted by Crippen LogP contribution is 2.23. The summed E-state index contributed by atoms with van der Waals surface area (Å²) in [7, 11) is -3.94. The molecule has 3 rings (SSSR count). The smallest absolute Gasteiger partial charge is 0.321 e. The SMILES string of the molecule is Cc1cc(C)c(S(=O)(=O)NCC(=O)OCC(=O)c2cc(C)n(-c3cccc(F)c3)c2C)c(C)c1. The Balaban J connectivity index is 1.65. The zero-order chi connectivity index (χ0) is 25.2. The van der Waals surface area contributed by atoms with Gasteiger partial charge in [-0.25, -0.2) is 12.8 Å². The van der Waals surface area contributed by atoms with E-state index in [4.69, 9.17) is 4.74 Å². The molecule has 3 aromatic rings. The first-order valence-corrected chi connectivity index (χ1v) is 12.1. The number of ketones is 1. The average Bonchev–Trinajstić information content (AvgIpc) is 3.03. The number of nitrogens with one attached hydrogen (secondary N) is 1. The fourth-order valence-corrected chi connectivity index (χ4v) is 5.57. The molecule has 1 N–H and O–H groups in total. The molecule has 0 atom stereocenters. The number of ether oxygens (including phenoxy) is 1. The number of carbonyl (C=O) groups is 2. The molecule has 0 saturated heterocycles. The van der Waals surface area contributed by atoms with E-state index < -0.39 is 40.7 Å². The second-order valence-electron chi connectivity index (χ2n) is 8.24. The Labute approximate surface area is 198 Å². The summed E-state index contributed by atoms with van der Waals surface area (Å²) < 4.78 is 48.0. The molecule has 0 saturated carbocycles. The third-order valence-corrected chi connectivity index (χ3v) is 7.15. The molecule has 1 aromatic heterocycles. The van der Waals surface area contributed by atoms with Gasteiger partial charge in [0.25, 0.3) is 0 Å². The van der Waals surface area contributed by atoms with Crippen LogP contribution < -0.4 is 4.72 Å². The summed E-state index contributed by atoms with van der Waals surface area (Å²) in [4.78, 5) is 24.9. The number of carbonyl (C=O) groups excluding carboxylic acids is 2. The molecular formula is C25H27FN2O5S. The van der Waals surface area contributed by atoms with Crippen LogP contribution in [0, 0.1) is 40.4 Å². The molecule has 180 valence electrons. The van der Waals surface area contributed by atoms with Crippen LogP contribution in [-0.4, -0.2) is 37.9 Å². The van der Waals surface area contributed by atoms with Crippen molar-refractivity contribution in [2.75, 3.05) is 13.2 Å². The number of aryl methyl sites for hydroxylation is 4. The van der Waals surface area contributed by atoms with E-state index in [1.54, 1.807) is 62.6 Å². The second kappa shape index (κ2) is 9.90. The Kier molecular flexibility index (Phi) is 7.38. The lowest BCUT2D eigenvalue weighted by Crippen LogP contribution is -2.32. The van der Waals surface area contributed by atoms with Crippen molar-refractivity contribution in [2.45, 2.75) is 39.5 Å². The van der Waals surface area contributed by atoms with Crippen LogP contribution >= 0.6 is 0 Å². The van der Waals surface area contributed by atoms with E-state index in [2.05, 4.69) is 4.72 Å². The fraction of sp³-hybridized carbons (Fsp3) is 0.280. The predicted octanol–water partition coefficient (Wildman–Crippen LogP) is 3.86. The molecule has 7 nitrogen and oxygen atoms in total. The molecule has 0 aliphatic carbocycles. The largest absolute Gasteiger partial charge is 0.456 e. The minimum atomic E-state index is -3.94. The van der Waals surface area contributed by atoms with Gasteiger partial charge in [-0.3, -0.25) is 9.59 Å². The Morgan fingerprint density at radius 3 is 2.26 bits per heavy atom. The van der Waals surface area contributed by atoms with Crippen molar-refractivity contribution in [1.29, 1.82) is 0 Å². The Morgan fingerprint density at radius 2 is 1.65 bits per heavy atom. The fourth-order valence-electron chi connectivity index (χ4n) is 4.15. The van der Waals surface area contributed by atoms with Gasteiger partial charge in [0.05, 0.1) is 4.90 Å². The highest BCUT2D eigenvalue weighted by molar-refractivity contribution is 7.89. The van der Waals surface area contributed by atoms with Gasteiger partial charge < -0.3 is 9.30 Å². The summed E-state index contributed by atoms with van der Waals surface area (Å²) in [6, 6.07) is 11.1. The highest BCUT2D eigenvalue weighted by atomic mass is 32.2. The zero-order valence-corrected chi connectivity index (χ0v) is 20.5.